The summed E-state index contributed by atoms with van der Waals surface area (Å²) >= 11 is 1.27. The number of carbonyl (C=O) groups excluding carboxylic acids is 1. The molecule has 1 amide bonds. The highest BCUT2D eigenvalue weighted by Crippen LogP contribution is 2.30. The molecule has 0 atom stereocenters. The van der Waals surface area contributed by atoms with Gasteiger partial charge in [0.25, 0.3) is 5.91 Å². The zero-order chi connectivity index (χ0) is 21.5. The van der Waals surface area contributed by atoms with Crippen molar-refractivity contribution in [2.75, 3.05) is 11.6 Å². The van der Waals surface area contributed by atoms with Gasteiger partial charge in [-0.05, 0) is 42.8 Å². The zero-order valence-electron chi connectivity index (χ0n) is 16.2. The number of aryl methyl sites for hydroxylation is 1. The standard InChI is InChI=1S/C21H18FN3O3S2/c1-13-16-11-18(20(26)23-17-5-3-4-6-19(17)30(2,27)28)29-21(16)25(24-13)12-14-7-9-15(22)10-8-14/h3-11H,12H2,1-2H3,(H,23,26). The highest BCUT2D eigenvalue weighted by atomic mass is 32.2. The molecule has 0 spiro atoms. The number of hydrogen-bond donors (Lipinski definition) is 1. The molecule has 4 aromatic rings. The van der Waals surface area contributed by atoms with Crippen LogP contribution in [0.1, 0.15) is 20.9 Å². The van der Waals surface area contributed by atoms with Crippen LogP contribution in [-0.4, -0.2) is 30.4 Å². The molecule has 0 aliphatic carbocycles. The first-order valence-corrected chi connectivity index (χ1v) is 11.7. The van der Waals surface area contributed by atoms with Gasteiger partial charge >= 0.3 is 0 Å². The van der Waals surface area contributed by atoms with Gasteiger partial charge in [0.2, 0.25) is 0 Å². The Bertz CT molecular complexity index is 1360. The fourth-order valence-electron chi connectivity index (χ4n) is 3.17. The third kappa shape index (κ3) is 3.99. The number of amides is 1. The van der Waals surface area contributed by atoms with Gasteiger partial charge in [0.1, 0.15) is 10.6 Å². The Morgan fingerprint density at radius 1 is 1.17 bits per heavy atom. The number of nitrogens with one attached hydrogen (secondary N) is 1. The smallest absolute Gasteiger partial charge is 0.265 e. The number of nitrogens with zero attached hydrogens (tertiary/aromatic N) is 2. The summed E-state index contributed by atoms with van der Waals surface area (Å²) in [7, 11) is -3.48. The minimum atomic E-state index is -3.48. The van der Waals surface area contributed by atoms with Gasteiger partial charge in [-0.15, -0.1) is 11.3 Å². The van der Waals surface area contributed by atoms with Crippen LogP contribution in [0.25, 0.3) is 10.2 Å². The van der Waals surface area contributed by atoms with Gasteiger partial charge in [-0.2, -0.15) is 5.10 Å². The molecule has 2 aromatic carbocycles. The van der Waals surface area contributed by atoms with E-state index in [0.29, 0.717) is 11.4 Å². The molecule has 0 fully saturated rings. The first-order valence-electron chi connectivity index (χ1n) is 9.04. The Balaban J connectivity index is 1.64. The van der Waals surface area contributed by atoms with Gasteiger partial charge in [0.15, 0.2) is 9.84 Å². The number of aromatic nitrogens is 2. The number of thiophene rings is 1. The van der Waals surface area contributed by atoms with Crippen molar-refractivity contribution in [1.29, 1.82) is 0 Å². The summed E-state index contributed by atoms with van der Waals surface area (Å²) in [6.07, 6.45) is 1.10. The lowest BCUT2D eigenvalue weighted by Crippen LogP contribution is -2.13. The first-order chi connectivity index (χ1) is 14.2. The van der Waals surface area contributed by atoms with E-state index in [1.54, 1.807) is 41.1 Å². The van der Waals surface area contributed by atoms with E-state index in [4.69, 9.17) is 0 Å². The Kier molecular flexibility index (Phi) is 5.17. The lowest BCUT2D eigenvalue weighted by atomic mass is 10.2. The highest BCUT2D eigenvalue weighted by molar-refractivity contribution is 7.90. The van der Waals surface area contributed by atoms with Crippen LogP contribution in [0.3, 0.4) is 0 Å². The molecule has 2 heterocycles. The second-order valence-corrected chi connectivity index (χ2v) is 9.94. The molecule has 2 aromatic heterocycles. The molecule has 30 heavy (non-hydrogen) atoms. The summed E-state index contributed by atoms with van der Waals surface area (Å²) in [5.74, 6) is -0.690. The van der Waals surface area contributed by atoms with Crippen molar-refractivity contribution in [3.8, 4) is 0 Å². The quantitative estimate of drug-likeness (QED) is 0.500. The van der Waals surface area contributed by atoms with Crippen molar-refractivity contribution < 1.29 is 17.6 Å². The molecule has 0 unspecified atom stereocenters. The maximum atomic E-state index is 13.2. The Morgan fingerprint density at radius 3 is 2.57 bits per heavy atom. The van der Waals surface area contributed by atoms with E-state index in [1.165, 1.54) is 29.5 Å². The molecule has 4 rings (SSSR count). The number of fused-ring (bicyclic) bond motifs is 1. The number of sulfone groups is 1. The lowest BCUT2D eigenvalue weighted by molar-refractivity contribution is 0.103. The third-order valence-electron chi connectivity index (χ3n) is 4.61. The summed E-state index contributed by atoms with van der Waals surface area (Å²) < 4.78 is 38.9. The molecule has 1 N–H and O–H groups in total. The van der Waals surface area contributed by atoms with Crippen molar-refractivity contribution >= 4 is 43.0 Å². The van der Waals surface area contributed by atoms with E-state index in [1.807, 2.05) is 6.92 Å². The van der Waals surface area contributed by atoms with Crippen molar-refractivity contribution in [2.45, 2.75) is 18.4 Å². The number of para-hydroxylation sites is 1. The molecule has 0 saturated heterocycles. The lowest BCUT2D eigenvalue weighted by Gasteiger charge is -2.08. The van der Waals surface area contributed by atoms with E-state index in [-0.39, 0.29) is 22.3 Å². The number of rotatable bonds is 5. The average molecular weight is 444 g/mol. The number of benzene rings is 2. The zero-order valence-corrected chi connectivity index (χ0v) is 17.8. The monoisotopic (exact) mass is 443 g/mol. The molecule has 0 radical (unpaired) electrons. The third-order valence-corrected chi connectivity index (χ3v) is 6.91. The molecule has 9 heteroatoms. The molecule has 0 aliphatic heterocycles. The minimum Gasteiger partial charge on any atom is -0.320 e. The van der Waals surface area contributed by atoms with Crippen LogP contribution in [0.15, 0.2) is 59.5 Å². The molecule has 0 saturated carbocycles. The summed E-state index contributed by atoms with van der Waals surface area (Å²) in [4.78, 5) is 14.1. The molecule has 0 aliphatic rings. The molecule has 0 bridgehead atoms. The Hall–Kier alpha value is -3.04. The van der Waals surface area contributed by atoms with Gasteiger partial charge in [0, 0.05) is 11.6 Å². The highest BCUT2D eigenvalue weighted by Gasteiger charge is 2.19. The van der Waals surface area contributed by atoms with Crippen molar-refractivity contribution in [2.24, 2.45) is 0 Å². The van der Waals surface area contributed by atoms with Crippen LogP contribution in [0.4, 0.5) is 10.1 Å². The van der Waals surface area contributed by atoms with E-state index in [0.717, 1.165) is 27.7 Å². The maximum absolute atomic E-state index is 13.2. The SMILES string of the molecule is Cc1nn(Cc2ccc(F)cc2)c2sc(C(=O)Nc3ccccc3S(C)(=O)=O)cc12. The predicted octanol–water partition coefficient (Wildman–Crippen LogP) is 4.25. The van der Waals surface area contributed by atoms with Crippen molar-refractivity contribution in [3.63, 3.8) is 0 Å². The van der Waals surface area contributed by atoms with Crippen LogP contribution in [0.2, 0.25) is 0 Å². The van der Waals surface area contributed by atoms with Crippen molar-refractivity contribution in [3.05, 3.63) is 76.5 Å². The summed E-state index contributed by atoms with van der Waals surface area (Å²) in [6.45, 7) is 2.31. The normalized spacial score (nSPS) is 11.7. The maximum Gasteiger partial charge on any atom is 0.265 e. The van der Waals surface area contributed by atoms with Gasteiger partial charge < -0.3 is 5.32 Å². The number of hydrogen-bond acceptors (Lipinski definition) is 5. The van der Waals surface area contributed by atoms with Gasteiger partial charge in [0.05, 0.1) is 27.7 Å². The second-order valence-electron chi connectivity index (χ2n) is 6.92. The number of halogens is 1. The average Bonchev–Trinajstić information content (AvgIpc) is 3.25. The predicted molar refractivity (Wildman–Crippen MR) is 115 cm³/mol. The van der Waals surface area contributed by atoms with Crippen LogP contribution < -0.4 is 5.32 Å². The number of carbonyl (C=O) groups is 1. The Labute approximate surface area is 176 Å². The van der Waals surface area contributed by atoms with E-state index >= 15 is 0 Å². The van der Waals surface area contributed by atoms with Crippen LogP contribution in [0.5, 0.6) is 0 Å². The largest absolute Gasteiger partial charge is 0.320 e. The molecular formula is C21H18FN3O3S2. The molecular weight excluding hydrogens is 425 g/mol. The van der Waals surface area contributed by atoms with Gasteiger partial charge in [-0.3, -0.25) is 9.48 Å². The molecule has 154 valence electrons. The summed E-state index contributed by atoms with van der Waals surface area (Å²) in [5.41, 5.74) is 1.91. The topological polar surface area (TPSA) is 81.1 Å². The fourth-order valence-corrected chi connectivity index (χ4v) is 5.07. The Morgan fingerprint density at radius 2 is 1.87 bits per heavy atom. The minimum absolute atomic E-state index is 0.0677. The summed E-state index contributed by atoms with van der Waals surface area (Å²) in [5, 5.41) is 8.07. The summed E-state index contributed by atoms with van der Waals surface area (Å²) in [6, 6.07) is 14.2. The van der Waals surface area contributed by atoms with Gasteiger partial charge in [-0.25, -0.2) is 12.8 Å². The van der Waals surface area contributed by atoms with Gasteiger partial charge in [-0.1, -0.05) is 24.3 Å². The van der Waals surface area contributed by atoms with Crippen LogP contribution in [-0.2, 0) is 16.4 Å². The van der Waals surface area contributed by atoms with Crippen LogP contribution >= 0.6 is 11.3 Å². The number of anilines is 1. The van der Waals surface area contributed by atoms with E-state index < -0.39 is 9.84 Å². The first kappa shape index (κ1) is 20.2. The second kappa shape index (κ2) is 7.66. The van der Waals surface area contributed by atoms with E-state index in [2.05, 4.69) is 10.4 Å². The van der Waals surface area contributed by atoms with Crippen LogP contribution in [0, 0.1) is 12.7 Å². The van der Waals surface area contributed by atoms with E-state index in [9.17, 15) is 17.6 Å². The molecule has 6 nitrogen and oxygen atoms in total. The fraction of sp³-hybridized carbons (Fsp3) is 0.143. The van der Waals surface area contributed by atoms with Crippen molar-refractivity contribution in [1.82, 2.24) is 9.78 Å².